The summed E-state index contributed by atoms with van der Waals surface area (Å²) >= 11 is 0. The summed E-state index contributed by atoms with van der Waals surface area (Å²) in [5.74, 6) is 5.95. The van der Waals surface area contributed by atoms with Crippen LogP contribution in [0.2, 0.25) is 0 Å². The summed E-state index contributed by atoms with van der Waals surface area (Å²) in [5.41, 5.74) is 4.64. The molecule has 0 bridgehead atoms. The van der Waals surface area contributed by atoms with Crippen LogP contribution in [0.15, 0.2) is 42.6 Å². The molecule has 0 aliphatic heterocycles. The molecule has 90 valence electrons. The Morgan fingerprint density at radius 1 is 1.33 bits per heavy atom. The number of hydrogen-bond donors (Lipinski definition) is 2. The van der Waals surface area contributed by atoms with Crippen LogP contribution in [0.4, 0.5) is 5.69 Å². The number of aromatic nitrogens is 1. The van der Waals surface area contributed by atoms with E-state index < -0.39 is 0 Å². The fourth-order valence-electron chi connectivity index (χ4n) is 1.46. The molecule has 0 aliphatic rings. The predicted octanol–water partition coefficient (Wildman–Crippen LogP) is 1.82. The molecule has 0 fully saturated rings. The van der Waals surface area contributed by atoms with Gasteiger partial charge in [-0.15, -0.1) is 0 Å². The average molecular weight is 240 g/mol. The molecular weight excluding hydrogens is 228 g/mol. The summed E-state index contributed by atoms with van der Waals surface area (Å²) in [6.07, 6.45) is 1.65. The third-order valence-corrected chi connectivity index (χ3v) is 2.33. The van der Waals surface area contributed by atoms with Gasteiger partial charge in [-0.2, -0.15) is 5.26 Å². The lowest BCUT2D eigenvalue weighted by atomic mass is 10.2. The normalized spacial score (nSPS) is 9.56. The van der Waals surface area contributed by atoms with Gasteiger partial charge in [-0.25, -0.2) is 0 Å². The molecule has 0 saturated heterocycles. The van der Waals surface area contributed by atoms with E-state index in [0.29, 0.717) is 17.9 Å². The van der Waals surface area contributed by atoms with Crippen LogP contribution in [0.25, 0.3) is 0 Å². The maximum atomic E-state index is 8.78. The molecule has 0 radical (unpaired) electrons. The van der Waals surface area contributed by atoms with E-state index in [1.165, 1.54) is 0 Å². The second kappa shape index (κ2) is 5.66. The van der Waals surface area contributed by atoms with E-state index >= 15 is 0 Å². The maximum Gasteiger partial charge on any atom is 0.130 e. The third kappa shape index (κ3) is 2.97. The number of anilines is 1. The van der Waals surface area contributed by atoms with Gasteiger partial charge in [-0.05, 0) is 30.3 Å². The first-order valence-electron chi connectivity index (χ1n) is 5.36. The minimum Gasteiger partial charge on any atom is -0.487 e. The molecule has 1 aromatic heterocycles. The third-order valence-electron chi connectivity index (χ3n) is 2.33. The number of hydrogen-bond acceptors (Lipinski definition) is 5. The van der Waals surface area contributed by atoms with Crippen molar-refractivity contribution in [3.8, 4) is 11.8 Å². The maximum absolute atomic E-state index is 8.78. The zero-order valence-electron chi connectivity index (χ0n) is 9.63. The quantitative estimate of drug-likeness (QED) is 0.629. The minimum atomic E-state index is 0.324. The van der Waals surface area contributed by atoms with E-state index in [2.05, 4.69) is 16.5 Å². The zero-order valence-corrected chi connectivity index (χ0v) is 9.63. The van der Waals surface area contributed by atoms with Gasteiger partial charge >= 0.3 is 0 Å². The van der Waals surface area contributed by atoms with Crippen molar-refractivity contribution in [1.29, 1.82) is 5.26 Å². The molecule has 5 nitrogen and oxygen atoms in total. The number of benzene rings is 1. The molecule has 0 spiro atoms. The van der Waals surface area contributed by atoms with Gasteiger partial charge in [-0.3, -0.25) is 10.8 Å². The Balaban J connectivity index is 2.04. The molecule has 3 N–H and O–H groups in total. The molecule has 18 heavy (non-hydrogen) atoms. The largest absolute Gasteiger partial charge is 0.487 e. The van der Waals surface area contributed by atoms with Gasteiger partial charge in [-0.1, -0.05) is 6.07 Å². The standard InChI is InChI=1S/C13H12N4O/c14-8-10-2-1-3-13(6-10)18-9-12-7-11(17-15)4-5-16-12/h1-7H,9,15H2,(H,16,17). The topological polar surface area (TPSA) is 84.0 Å². The van der Waals surface area contributed by atoms with Gasteiger partial charge in [0.25, 0.3) is 0 Å². The lowest BCUT2D eigenvalue weighted by Crippen LogP contribution is -2.08. The van der Waals surface area contributed by atoms with Crippen molar-refractivity contribution < 1.29 is 4.74 Å². The fourth-order valence-corrected chi connectivity index (χ4v) is 1.46. The van der Waals surface area contributed by atoms with Crippen molar-refractivity contribution >= 4 is 5.69 Å². The van der Waals surface area contributed by atoms with E-state index in [1.54, 1.807) is 42.6 Å². The van der Waals surface area contributed by atoms with Gasteiger partial charge < -0.3 is 10.2 Å². The highest BCUT2D eigenvalue weighted by Crippen LogP contribution is 2.15. The number of nitrogen functional groups attached to an aromatic ring is 1. The van der Waals surface area contributed by atoms with Crippen LogP contribution in [-0.2, 0) is 6.61 Å². The lowest BCUT2D eigenvalue weighted by molar-refractivity contribution is 0.301. The van der Waals surface area contributed by atoms with Crippen LogP contribution in [0, 0.1) is 11.3 Å². The molecule has 0 atom stereocenters. The number of pyridine rings is 1. The number of rotatable bonds is 4. The highest BCUT2D eigenvalue weighted by atomic mass is 16.5. The molecule has 1 aromatic carbocycles. The van der Waals surface area contributed by atoms with Crippen LogP contribution < -0.4 is 16.0 Å². The lowest BCUT2D eigenvalue weighted by Gasteiger charge is -2.07. The number of nitriles is 1. The molecule has 0 aliphatic carbocycles. The number of nitrogens with zero attached hydrogens (tertiary/aromatic N) is 2. The Hall–Kier alpha value is -2.58. The number of nitrogens with one attached hydrogen (secondary N) is 1. The summed E-state index contributed by atoms with van der Waals surface area (Å²) in [5, 5.41) is 8.78. The number of ether oxygens (including phenoxy) is 1. The van der Waals surface area contributed by atoms with Crippen LogP contribution in [0.5, 0.6) is 5.75 Å². The van der Waals surface area contributed by atoms with Crippen molar-refractivity contribution in [2.24, 2.45) is 5.84 Å². The van der Waals surface area contributed by atoms with Gasteiger partial charge in [0.05, 0.1) is 23.0 Å². The average Bonchev–Trinajstić information content (AvgIpc) is 2.45. The molecule has 0 amide bonds. The van der Waals surface area contributed by atoms with Gasteiger partial charge in [0.2, 0.25) is 0 Å². The Kier molecular flexibility index (Phi) is 3.74. The monoisotopic (exact) mass is 240 g/mol. The Bertz CT molecular complexity index is 577. The second-order valence-corrected chi connectivity index (χ2v) is 3.61. The van der Waals surface area contributed by atoms with E-state index in [1.807, 2.05) is 0 Å². The second-order valence-electron chi connectivity index (χ2n) is 3.61. The van der Waals surface area contributed by atoms with Gasteiger partial charge in [0.15, 0.2) is 0 Å². The summed E-state index contributed by atoms with van der Waals surface area (Å²) < 4.78 is 5.55. The predicted molar refractivity (Wildman–Crippen MR) is 67.5 cm³/mol. The minimum absolute atomic E-state index is 0.324. The van der Waals surface area contributed by atoms with Crippen LogP contribution >= 0.6 is 0 Å². The molecule has 5 heteroatoms. The summed E-state index contributed by atoms with van der Waals surface area (Å²) in [6.45, 7) is 0.324. The number of hydrazine groups is 1. The van der Waals surface area contributed by atoms with Crippen molar-refractivity contribution in [1.82, 2.24) is 4.98 Å². The number of nitrogens with two attached hydrogens (primary N) is 1. The Morgan fingerprint density at radius 2 is 2.22 bits per heavy atom. The Morgan fingerprint density at radius 3 is 3.00 bits per heavy atom. The van der Waals surface area contributed by atoms with E-state index in [-0.39, 0.29) is 0 Å². The van der Waals surface area contributed by atoms with E-state index in [0.717, 1.165) is 11.4 Å². The smallest absolute Gasteiger partial charge is 0.130 e. The first-order valence-corrected chi connectivity index (χ1v) is 5.36. The van der Waals surface area contributed by atoms with Crippen LogP contribution in [0.1, 0.15) is 11.3 Å². The summed E-state index contributed by atoms with van der Waals surface area (Å²) in [4.78, 5) is 4.16. The molecule has 1 heterocycles. The molecule has 2 rings (SSSR count). The van der Waals surface area contributed by atoms with Gasteiger partial charge in [0, 0.05) is 6.20 Å². The SMILES string of the molecule is N#Cc1cccc(OCc2cc(NN)ccn2)c1. The first kappa shape index (κ1) is 11.9. The van der Waals surface area contributed by atoms with Crippen molar-refractivity contribution in [3.63, 3.8) is 0 Å². The van der Waals surface area contributed by atoms with E-state index in [4.69, 9.17) is 15.8 Å². The van der Waals surface area contributed by atoms with Gasteiger partial charge in [0.1, 0.15) is 12.4 Å². The Labute approximate surface area is 105 Å². The first-order chi connectivity index (χ1) is 8.81. The summed E-state index contributed by atoms with van der Waals surface area (Å²) in [6, 6.07) is 12.6. The summed E-state index contributed by atoms with van der Waals surface area (Å²) in [7, 11) is 0. The fraction of sp³-hybridized carbons (Fsp3) is 0.0769. The van der Waals surface area contributed by atoms with Crippen LogP contribution in [-0.4, -0.2) is 4.98 Å². The highest BCUT2D eigenvalue weighted by Gasteiger charge is 1.99. The zero-order chi connectivity index (χ0) is 12.8. The molecular formula is C13H12N4O. The van der Waals surface area contributed by atoms with E-state index in [9.17, 15) is 0 Å². The molecule has 2 aromatic rings. The van der Waals surface area contributed by atoms with Crippen molar-refractivity contribution in [2.45, 2.75) is 6.61 Å². The highest BCUT2D eigenvalue weighted by molar-refractivity contribution is 5.41. The molecule has 0 unspecified atom stereocenters. The van der Waals surface area contributed by atoms with Crippen molar-refractivity contribution in [3.05, 3.63) is 53.9 Å². The molecule has 0 saturated carbocycles. The van der Waals surface area contributed by atoms with Crippen molar-refractivity contribution in [2.75, 3.05) is 5.43 Å². The van der Waals surface area contributed by atoms with Crippen LogP contribution in [0.3, 0.4) is 0 Å².